The lowest BCUT2D eigenvalue weighted by Crippen LogP contribution is -2.07. The van der Waals surface area contributed by atoms with Crippen molar-refractivity contribution >= 4 is 29.0 Å². The van der Waals surface area contributed by atoms with Crippen LogP contribution in [0, 0.1) is 17.0 Å². The summed E-state index contributed by atoms with van der Waals surface area (Å²) in [4.78, 5) is 0. The van der Waals surface area contributed by atoms with Gasteiger partial charge in [-0.3, -0.25) is 10.5 Å². The molecule has 3 rings (SSSR count). The maximum Gasteiger partial charge on any atom is 0.216 e. The molecule has 2 aromatic carbocycles. The summed E-state index contributed by atoms with van der Waals surface area (Å²) in [6.45, 7) is 2.03. The molecule has 0 amide bonds. The van der Waals surface area contributed by atoms with Crippen LogP contribution in [0.2, 0.25) is 0 Å². The van der Waals surface area contributed by atoms with Gasteiger partial charge in [-0.25, -0.2) is 8.78 Å². The number of aromatic amines is 1. The molecule has 0 fully saturated rings. The van der Waals surface area contributed by atoms with Gasteiger partial charge in [0.25, 0.3) is 0 Å². The zero-order chi connectivity index (χ0) is 17.1. The second-order valence-corrected chi connectivity index (χ2v) is 5.13. The van der Waals surface area contributed by atoms with E-state index >= 15 is 0 Å². The van der Waals surface area contributed by atoms with Gasteiger partial charge in [0.1, 0.15) is 11.6 Å². The zero-order valence-electron chi connectivity index (χ0n) is 12.9. The third kappa shape index (κ3) is 3.17. The van der Waals surface area contributed by atoms with Crippen LogP contribution in [0.1, 0.15) is 23.7 Å². The van der Waals surface area contributed by atoms with Crippen LogP contribution >= 0.6 is 0 Å². The summed E-state index contributed by atoms with van der Waals surface area (Å²) in [7, 11) is 0. The molecule has 0 aliphatic carbocycles. The molecule has 0 unspecified atom stereocenters. The Bertz CT molecular complexity index is 914. The Hall–Kier alpha value is -3.02. The summed E-state index contributed by atoms with van der Waals surface area (Å²) in [5.74, 6) is -1.06. The van der Waals surface area contributed by atoms with Crippen molar-refractivity contribution in [3.8, 4) is 0 Å². The number of hydrogen-bond acceptors (Lipinski definition) is 3. The van der Waals surface area contributed by atoms with Gasteiger partial charge in [-0.1, -0.05) is 18.2 Å². The van der Waals surface area contributed by atoms with Crippen LogP contribution in [0.15, 0.2) is 36.4 Å². The van der Waals surface area contributed by atoms with Gasteiger partial charge in [0, 0.05) is 11.5 Å². The van der Waals surface area contributed by atoms with Crippen LogP contribution in [0.4, 0.5) is 8.78 Å². The first-order valence-corrected chi connectivity index (χ1v) is 7.41. The fourth-order valence-corrected chi connectivity index (χ4v) is 2.33. The van der Waals surface area contributed by atoms with E-state index in [2.05, 4.69) is 10.2 Å². The highest BCUT2D eigenvalue weighted by molar-refractivity contribution is 5.98. The first-order valence-electron chi connectivity index (χ1n) is 7.41. The number of ether oxygens (including phenoxy) is 1. The number of nitrogens with zero attached hydrogens (tertiary/aromatic N) is 1. The first-order chi connectivity index (χ1) is 11.6. The maximum atomic E-state index is 14.1. The van der Waals surface area contributed by atoms with Crippen molar-refractivity contribution in [3.05, 3.63) is 64.9 Å². The molecule has 0 saturated carbocycles. The van der Waals surface area contributed by atoms with Crippen LogP contribution in [0.25, 0.3) is 23.1 Å². The summed E-state index contributed by atoms with van der Waals surface area (Å²) in [6.07, 6.45) is 3.53. The lowest BCUT2D eigenvalue weighted by molar-refractivity contribution is 0.324. The summed E-state index contributed by atoms with van der Waals surface area (Å²) < 4.78 is 32.1. The van der Waals surface area contributed by atoms with Crippen LogP contribution in [0.5, 0.6) is 0 Å². The van der Waals surface area contributed by atoms with E-state index in [1.165, 1.54) is 24.3 Å². The van der Waals surface area contributed by atoms with Gasteiger partial charge in [-0.15, -0.1) is 0 Å². The standard InChI is InChI=1S/C18H15F2N3O/c1-2-24-18(21)13-9-14-16(22-23-17(14)10-15(13)20)8-5-11-3-6-12(19)7-4-11/h3-10,21H,2H2,1H3,(H,22,23)/b8-5+,21-18?. The van der Waals surface area contributed by atoms with Crippen molar-refractivity contribution in [1.29, 1.82) is 5.41 Å². The number of fused-ring (bicyclic) bond motifs is 1. The second kappa shape index (κ2) is 6.62. The molecule has 0 radical (unpaired) electrons. The van der Waals surface area contributed by atoms with E-state index in [0.717, 1.165) is 5.56 Å². The molecule has 2 N–H and O–H groups in total. The zero-order valence-corrected chi connectivity index (χ0v) is 12.9. The molecule has 1 heterocycles. The minimum atomic E-state index is -0.543. The summed E-state index contributed by atoms with van der Waals surface area (Å²) in [6, 6.07) is 8.88. The van der Waals surface area contributed by atoms with Gasteiger partial charge < -0.3 is 4.74 Å². The Balaban J connectivity index is 1.98. The predicted octanol–water partition coefficient (Wildman–Crippen LogP) is 4.37. The van der Waals surface area contributed by atoms with Crippen molar-refractivity contribution < 1.29 is 13.5 Å². The highest BCUT2D eigenvalue weighted by Crippen LogP contribution is 2.23. The third-order valence-electron chi connectivity index (χ3n) is 3.52. The Morgan fingerprint density at radius 3 is 2.67 bits per heavy atom. The van der Waals surface area contributed by atoms with E-state index in [1.54, 1.807) is 31.2 Å². The molecule has 24 heavy (non-hydrogen) atoms. The van der Waals surface area contributed by atoms with E-state index in [-0.39, 0.29) is 17.3 Å². The molecular weight excluding hydrogens is 312 g/mol. The monoisotopic (exact) mass is 327 g/mol. The molecule has 6 heteroatoms. The lowest BCUT2D eigenvalue weighted by atomic mass is 10.1. The highest BCUT2D eigenvalue weighted by Gasteiger charge is 2.13. The average molecular weight is 327 g/mol. The fraction of sp³-hybridized carbons (Fsp3) is 0.111. The minimum absolute atomic E-state index is 0.0854. The lowest BCUT2D eigenvalue weighted by Gasteiger charge is -2.06. The molecule has 3 aromatic rings. The average Bonchev–Trinajstić information content (AvgIpc) is 2.95. The predicted molar refractivity (Wildman–Crippen MR) is 89.8 cm³/mol. The smallest absolute Gasteiger partial charge is 0.216 e. The van der Waals surface area contributed by atoms with Crippen molar-refractivity contribution in [2.75, 3.05) is 6.61 Å². The molecule has 0 saturated heterocycles. The van der Waals surface area contributed by atoms with Crippen LogP contribution in [0.3, 0.4) is 0 Å². The van der Waals surface area contributed by atoms with E-state index < -0.39 is 5.82 Å². The van der Waals surface area contributed by atoms with Crippen molar-refractivity contribution in [2.45, 2.75) is 6.92 Å². The number of halogens is 2. The molecule has 1 aromatic heterocycles. The van der Waals surface area contributed by atoms with Gasteiger partial charge in [0.15, 0.2) is 0 Å². The SMILES string of the molecule is CCOC(=N)c1cc2c(/C=C/c3ccc(F)cc3)n[nH]c2cc1F. The summed E-state index contributed by atoms with van der Waals surface area (Å²) in [5.41, 5.74) is 2.03. The molecule has 0 atom stereocenters. The number of benzene rings is 2. The van der Waals surface area contributed by atoms with E-state index in [9.17, 15) is 8.78 Å². The number of rotatable bonds is 4. The Morgan fingerprint density at radius 2 is 1.96 bits per heavy atom. The van der Waals surface area contributed by atoms with E-state index in [4.69, 9.17) is 10.1 Å². The van der Waals surface area contributed by atoms with Crippen LogP contribution in [-0.2, 0) is 4.74 Å². The van der Waals surface area contributed by atoms with Crippen LogP contribution in [-0.4, -0.2) is 22.7 Å². The normalized spacial score (nSPS) is 11.3. The molecule has 0 aliphatic rings. The topological polar surface area (TPSA) is 61.8 Å². The van der Waals surface area contributed by atoms with Gasteiger partial charge in [0.05, 0.1) is 23.4 Å². The van der Waals surface area contributed by atoms with E-state index in [1.807, 2.05) is 0 Å². The Labute approximate surface area is 137 Å². The number of H-pyrrole nitrogens is 1. The minimum Gasteiger partial charge on any atom is -0.478 e. The first kappa shape index (κ1) is 15.9. The fourth-order valence-electron chi connectivity index (χ4n) is 2.33. The highest BCUT2D eigenvalue weighted by atomic mass is 19.1. The maximum absolute atomic E-state index is 14.1. The molecule has 0 bridgehead atoms. The number of hydrogen-bond donors (Lipinski definition) is 2. The summed E-state index contributed by atoms with van der Waals surface area (Å²) in [5, 5.41) is 15.4. The van der Waals surface area contributed by atoms with E-state index in [0.29, 0.717) is 23.2 Å². The third-order valence-corrected chi connectivity index (χ3v) is 3.52. The van der Waals surface area contributed by atoms with Crippen molar-refractivity contribution in [2.24, 2.45) is 0 Å². The van der Waals surface area contributed by atoms with Crippen molar-refractivity contribution in [3.63, 3.8) is 0 Å². The second-order valence-electron chi connectivity index (χ2n) is 5.13. The van der Waals surface area contributed by atoms with Gasteiger partial charge in [-0.2, -0.15) is 5.10 Å². The van der Waals surface area contributed by atoms with Crippen LogP contribution < -0.4 is 0 Å². The molecule has 122 valence electrons. The molecule has 0 aliphatic heterocycles. The quantitative estimate of drug-likeness (QED) is 0.552. The molecule has 0 spiro atoms. The number of aromatic nitrogens is 2. The van der Waals surface area contributed by atoms with Gasteiger partial charge in [-0.05, 0) is 36.8 Å². The largest absolute Gasteiger partial charge is 0.478 e. The molecular formula is C18H15F2N3O. The molecule has 4 nitrogen and oxygen atoms in total. The van der Waals surface area contributed by atoms with Gasteiger partial charge in [0.2, 0.25) is 5.90 Å². The Kier molecular flexibility index (Phi) is 4.37. The summed E-state index contributed by atoms with van der Waals surface area (Å²) >= 11 is 0. The van der Waals surface area contributed by atoms with Crippen molar-refractivity contribution in [1.82, 2.24) is 10.2 Å². The Morgan fingerprint density at radius 1 is 1.21 bits per heavy atom. The van der Waals surface area contributed by atoms with Gasteiger partial charge >= 0.3 is 0 Å². The number of nitrogens with one attached hydrogen (secondary N) is 2.